The summed E-state index contributed by atoms with van der Waals surface area (Å²) in [5, 5.41) is 4.15. The number of hydrogen-bond acceptors (Lipinski definition) is 1. The van der Waals surface area contributed by atoms with E-state index in [0.717, 1.165) is 18.7 Å². The third kappa shape index (κ3) is 3.18. The molecule has 0 aliphatic carbocycles. The van der Waals surface area contributed by atoms with Crippen LogP contribution in [0.15, 0.2) is 54.7 Å². The van der Waals surface area contributed by atoms with E-state index in [4.69, 9.17) is 4.98 Å². The van der Waals surface area contributed by atoms with Gasteiger partial charge in [0.1, 0.15) is 0 Å². The molecule has 0 radical (unpaired) electrons. The molecule has 2 nitrogen and oxygen atoms in total. The maximum atomic E-state index is 4.90. The minimum atomic E-state index is -1.39. The van der Waals surface area contributed by atoms with Crippen LogP contribution < -0.4 is 5.19 Å². The number of benzene rings is 2. The molecular weight excluding hydrogens is 356 g/mol. The van der Waals surface area contributed by atoms with Crippen LogP contribution in [-0.2, 0) is 13.0 Å². The Morgan fingerprint density at radius 1 is 0.893 bits per heavy atom. The number of pyridine rings is 1. The van der Waals surface area contributed by atoms with Gasteiger partial charge in [-0.1, -0.05) is 57.3 Å². The highest BCUT2D eigenvalue weighted by molar-refractivity contribution is 6.89. The van der Waals surface area contributed by atoms with Gasteiger partial charge in [-0.15, -0.1) is 0 Å². The average molecular weight is 387 g/mol. The molecule has 0 aliphatic heterocycles. The molecule has 2 aromatic heterocycles. The zero-order chi connectivity index (χ0) is 19.9. The number of nitrogens with zero attached hydrogens (tertiary/aromatic N) is 2. The summed E-state index contributed by atoms with van der Waals surface area (Å²) in [7, 11) is -1.39. The molecule has 0 bridgehead atoms. The van der Waals surface area contributed by atoms with E-state index in [1.807, 2.05) is 0 Å². The highest BCUT2D eigenvalue weighted by atomic mass is 28.3. The predicted octanol–water partition coefficient (Wildman–Crippen LogP) is 6.37. The fraction of sp³-hybridized carbons (Fsp3) is 0.320. The number of hydrogen-bond donors (Lipinski definition) is 0. The first-order chi connectivity index (χ1) is 13.4. The lowest BCUT2D eigenvalue weighted by molar-refractivity contribution is 0.827. The second kappa shape index (κ2) is 7.21. The summed E-state index contributed by atoms with van der Waals surface area (Å²) in [6.45, 7) is 12.7. The summed E-state index contributed by atoms with van der Waals surface area (Å²) in [5.41, 5.74) is 6.42. The first-order valence-electron chi connectivity index (χ1n) is 10.4. The van der Waals surface area contributed by atoms with Crippen molar-refractivity contribution in [3.8, 4) is 11.3 Å². The first-order valence-corrected chi connectivity index (χ1v) is 13.9. The van der Waals surface area contributed by atoms with E-state index in [-0.39, 0.29) is 0 Å². The molecule has 144 valence electrons. The van der Waals surface area contributed by atoms with Crippen LogP contribution in [0.1, 0.15) is 25.8 Å². The van der Waals surface area contributed by atoms with E-state index in [0.29, 0.717) is 0 Å². The molecule has 3 heteroatoms. The Kier molecular flexibility index (Phi) is 4.88. The second-order valence-corrected chi connectivity index (χ2v) is 13.8. The van der Waals surface area contributed by atoms with Gasteiger partial charge in [-0.25, -0.2) is 0 Å². The third-order valence-corrected chi connectivity index (χ3v) is 7.77. The molecule has 0 amide bonds. The van der Waals surface area contributed by atoms with Crippen molar-refractivity contribution in [2.45, 2.75) is 52.9 Å². The maximum absolute atomic E-state index is 4.90. The number of rotatable bonds is 5. The molecule has 4 rings (SSSR count). The molecule has 0 saturated heterocycles. The monoisotopic (exact) mass is 386 g/mol. The molecule has 4 aromatic rings. The number of aryl methyl sites for hydroxylation is 2. The van der Waals surface area contributed by atoms with Gasteiger partial charge in [0.05, 0.1) is 13.8 Å². The summed E-state index contributed by atoms with van der Waals surface area (Å²) in [4.78, 5) is 4.90. The van der Waals surface area contributed by atoms with Gasteiger partial charge in [-0.05, 0) is 48.4 Å². The lowest BCUT2D eigenvalue weighted by atomic mass is 10.0. The summed E-state index contributed by atoms with van der Waals surface area (Å²) in [6.07, 6.45) is 4.46. The molecule has 0 fully saturated rings. The zero-order valence-electron chi connectivity index (χ0n) is 17.7. The topological polar surface area (TPSA) is 17.8 Å². The highest BCUT2D eigenvalue weighted by Gasteiger charge is 2.21. The maximum Gasteiger partial charge on any atom is 0.0799 e. The molecule has 0 aliphatic rings. The Morgan fingerprint density at radius 2 is 1.64 bits per heavy atom. The largest absolute Gasteiger partial charge is 0.341 e. The van der Waals surface area contributed by atoms with Crippen molar-refractivity contribution in [3.05, 3.63) is 60.3 Å². The summed E-state index contributed by atoms with van der Waals surface area (Å²) >= 11 is 0. The SMILES string of the molecule is CCCc1cc(-c2ccc3c(c2)c2ccccc2n3CC)ncc1[Si](C)(C)C. The third-order valence-electron chi connectivity index (χ3n) is 5.70. The van der Waals surface area contributed by atoms with E-state index < -0.39 is 8.07 Å². The molecular formula is C25H30N2Si. The molecule has 0 saturated carbocycles. The van der Waals surface area contributed by atoms with Crippen molar-refractivity contribution in [2.75, 3.05) is 0 Å². The second-order valence-electron chi connectivity index (χ2n) is 8.72. The van der Waals surface area contributed by atoms with Crippen molar-refractivity contribution < 1.29 is 0 Å². The van der Waals surface area contributed by atoms with Gasteiger partial charge >= 0.3 is 0 Å². The number of fused-ring (bicyclic) bond motifs is 3. The minimum Gasteiger partial charge on any atom is -0.341 e. The van der Waals surface area contributed by atoms with Crippen LogP contribution in [0.4, 0.5) is 0 Å². The van der Waals surface area contributed by atoms with Gasteiger partial charge in [-0.3, -0.25) is 4.98 Å². The lowest BCUT2D eigenvalue weighted by Gasteiger charge is -2.21. The van der Waals surface area contributed by atoms with Crippen molar-refractivity contribution in [1.82, 2.24) is 9.55 Å². The zero-order valence-corrected chi connectivity index (χ0v) is 18.7. The van der Waals surface area contributed by atoms with Gasteiger partial charge in [-0.2, -0.15) is 0 Å². The molecule has 2 heterocycles. The van der Waals surface area contributed by atoms with E-state index in [1.54, 1.807) is 0 Å². The van der Waals surface area contributed by atoms with Crippen LogP contribution in [0.5, 0.6) is 0 Å². The Bertz CT molecular complexity index is 1150. The quantitative estimate of drug-likeness (QED) is 0.364. The number of para-hydroxylation sites is 1. The molecule has 28 heavy (non-hydrogen) atoms. The minimum absolute atomic E-state index is 0.979. The van der Waals surface area contributed by atoms with E-state index in [1.165, 1.54) is 44.5 Å². The molecule has 0 atom stereocenters. The summed E-state index contributed by atoms with van der Waals surface area (Å²) in [5.74, 6) is 0. The highest BCUT2D eigenvalue weighted by Crippen LogP contribution is 2.32. The normalized spacial score (nSPS) is 12.2. The fourth-order valence-corrected chi connectivity index (χ4v) is 5.97. The Labute approximate surface area is 169 Å². The van der Waals surface area contributed by atoms with Gasteiger partial charge in [0, 0.05) is 40.1 Å². The Balaban J connectivity index is 1.90. The van der Waals surface area contributed by atoms with Gasteiger partial charge in [0.25, 0.3) is 0 Å². The van der Waals surface area contributed by atoms with Crippen molar-refractivity contribution in [2.24, 2.45) is 0 Å². The van der Waals surface area contributed by atoms with Crippen LogP contribution in [0, 0.1) is 0 Å². The van der Waals surface area contributed by atoms with Crippen LogP contribution in [0.2, 0.25) is 19.6 Å². The Morgan fingerprint density at radius 3 is 2.36 bits per heavy atom. The number of aromatic nitrogens is 2. The van der Waals surface area contributed by atoms with E-state index >= 15 is 0 Å². The first kappa shape index (κ1) is 18.9. The average Bonchev–Trinajstić information content (AvgIpc) is 3.00. The summed E-state index contributed by atoms with van der Waals surface area (Å²) < 4.78 is 2.40. The summed E-state index contributed by atoms with van der Waals surface area (Å²) in [6, 6.07) is 17.9. The smallest absolute Gasteiger partial charge is 0.0799 e. The lowest BCUT2D eigenvalue weighted by Crippen LogP contribution is -2.40. The van der Waals surface area contributed by atoms with Gasteiger partial charge < -0.3 is 4.57 Å². The van der Waals surface area contributed by atoms with Gasteiger partial charge in [0.2, 0.25) is 0 Å². The van der Waals surface area contributed by atoms with Crippen LogP contribution in [-0.4, -0.2) is 17.6 Å². The molecule has 0 N–H and O–H groups in total. The fourth-order valence-electron chi connectivity index (χ4n) is 4.36. The van der Waals surface area contributed by atoms with Crippen molar-refractivity contribution >= 4 is 35.1 Å². The van der Waals surface area contributed by atoms with Crippen LogP contribution >= 0.6 is 0 Å². The van der Waals surface area contributed by atoms with Crippen LogP contribution in [0.3, 0.4) is 0 Å². The molecule has 2 aromatic carbocycles. The van der Waals surface area contributed by atoms with E-state index in [2.05, 4.69) is 92.8 Å². The van der Waals surface area contributed by atoms with E-state index in [9.17, 15) is 0 Å². The Hall–Kier alpha value is -2.39. The standard InChI is InChI=1S/C25H30N2Si/c1-6-10-19-16-22(26-17-25(19)28(3,4)5)18-13-14-24-21(15-18)20-11-8-9-12-23(20)27(24)7-2/h8-9,11-17H,6-7,10H2,1-5H3. The molecule has 0 unspecified atom stereocenters. The van der Waals surface area contributed by atoms with Gasteiger partial charge in [0.15, 0.2) is 0 Å². The molecule has 0 spiro atoms. The van der Waals surface area contributed by atoms with Crippen molar-refractivity contribution in [1.29, 1.82) is 0 Å². The van der Waals surface area contributed by atoms with Crippen molar-refractivity contribution in [3.63, 3.8) is 0 Å². The van der Waals surface area contributed by atoms with Crippen LogP contribution in [0.25, 0.3) is 33.1 Å². The predicted molar refractivity (Wildman–Crippen MR) is 125 cm³/mol.